The van der Waals surface area contributed by atoms with Crippen LogP contribution in [0.25, 0.3) is 0 Å². The molecule has 72 valence electrons. The molecule has 0 amide bonds. The van der Waals surface area contributed by atoms with Crippen LogP contribution >= 0.6 is 0 Å². The number of carboxylic acids is 2. The normalized spacial score (nSPS) is 6.00. The van der Waals surface area contributed by atoms with Gasteiger partial charge in [0, 0.05) is 0 Å². The van der Waals surface area contributed by atoms with Crippen LogP contribution in [0.3, 0.4) is 0 Å². The summed E-state index contributed by atoms with van der Waals surface area (Å²) in [5, 5.41) is 33.0. The summed E-state index contributed by atoms with van der Waals surface area (Å²) in [5.74, 6) is -2.88. The topological polar surface area (TPSA) is 121 Å². The van der Waals surface area contributed by atoms with Gasteiger partial charge in [0.15, 0.2) is 0 Å². The third-order valence-electron chi connectivity index (χ3n) is 0.258. The molecule has 0 rings (SSSR count). The zero-order chi connectivity index (χ0) is 10.6. The molecule has 0 aromatic carbocycles. The average Bonchev–Trinajstić information content (AvgIpc) is 2.09. The number of carboxylic acid groups (broad SMARTS) is 2. The Labute approximate surface area is 88.3 Å². The minimum atomic E-state index is -1.44. The summed E-state index contributed by atoms with van der Waals surface area (Å²) in [7, 11) is 0. The maximum atomic E-state index is 9.01. The van der Waals surface area contributed by atoms with Crippen molar-refractivity contribution >= 4 is 11.9 Å². The van der Waals surface area contributed by atoms with Crippen molar-refractivity contribution in [3.05, 3.63) is 13.2 Å². The van der Waals surface area contributed by atoms with E-state index < -0.39 is 25.2 Å². The quantitative estimate of drug-likeness (QED) is 0.380. The van der Waals surface area contributed by atoms with Crippen LogP contribution < -0.4 is 10.2 Å². The molecule has 13 heavy (non-hydrogen) atoms. The van der Waals surface area contributed by atoms with E-state index in [1.165, 1.54) is 0 Å². The third-order valence-corrected chi connectivity index (χ3v) is 0.258. The molecule has 0 aliphatic rings. The fourth-order valence-electron chi connectivity index (χ4n) is 0. The van der Waals surface area contributed by atoms with Gasteiger partial charge in [0.05, 0.1) is 25.2 Å². The molecular weight excluding hydrogens is 233 g/mol. The molecule has 0 atom stereocenters. The van der Waals surface area contributed by atoms with E-state index in [-0.39, 0.29) is 19.5 Å². The van der Waals surface area contributed by atoms with Gasteiger partial charge >= 0.3 is 19.5 Å². The minimum Gasteiger partial charge on any atom is -0.548 e. The van der Waals surface area contributed by atoms with Gasteiger partial charge in [-0.3, -0.25) is 0 Å². The van der Waals surface area contributed by atoms with Crippen molar-refractivity contribution in [2.24, 2.45) is 0 Å². The Balaban J connectivity index is -0.0000000491. The van der Waals surface area contributed by atoms with Gasteiger partial charge in [-0.05, 0) is 0 Å². The summed E-state index contributed by atoms with van der Waals surface area (Å²) in [5.41, 5.74) is 0. The first-order chi connectivity index (χ1) is 5.54. The first-order valence-corrected chi connectivity index (χ1v) is 2.66. The SMILES string of the molecule is C=C.O=C([O-])CO.O=C([O-])CO.[Zn+2]. The minimum absolute atomic E-state index is 0. The number of aliphatic hydroxyl groups is 2. The van der Waals surface area contributed by atoms with Crippen molar-refractivity contribution in [2.45, 2.75) is 0 Å². The van der Waals surface area contributed by atoms with E-state index in [0.717, 1.165) is 0 Å². The zero-order valence-corrected chi connectivity index (χ0v) is 10.0. The first kappa shape index (κ1) is 22.8. The molecule has 0 aliphatic carbocycles. The molecule has 0 aromatic rings. The van der Waals surface area contributed by atoms with Gasteiger partial charge in [-0.15, -0.1) is 13.2 Å². The average molecular weight is 244 g/mol. The molecule has 0 saturated heterocycles. The van der Waals surface area contributed by atoms with E-state index in [4.69, 9.17) is 30.0 Å². The summed E-state index contributed by atoms with van der Waals surface area (Å²) in [6.45, 7) is 4.22. The van der Waals surface area contributed by atoms with Gasteiger partial charge in [0.25, 0.3) is 0 Å². The summed E-state index contributed by atoms with van der Waals surface area (Å²) >= 11 is 0. The molecule has 0 saturated carbocycles. The van der Waals surface area contributed by atoms with Crippen molar-refractivity contribution in [3.63, 3.8) is 0 Å². The summed E-state index contributed by atoms with van der Waals surface area (Å²) in [4.78, 5) is 18.0. The number of rotatable bonds is 2. The molecule has 0 unspecified atom stereocenters. The molecule has 0 spiro atoms. The molecule has 0 aliphatic heterocycles. The van der Waals surface area contributed by atoms with Gasteiger partial charge < -0.3 is 30.0 Å². The monoisotopic (exact) mass is 242 g/mol. The smallest absolute Gasteiger partial charge is 0.548 e. The van der Waals surface area contributed by atoms with Gasteiger partial charge in [-0.2, -0.15) is 0 Å². The van der Waals surface area contributed by atoms with Crippen molar-refractivity contribution in [2.75, 3.05) is 13.2 Å². The van der Waals surface area contributed by atoms with Crippen LogP contribution in [-0.4, -0.2) is 35.4 Å². The van der Waals surface area contributed by atoms with Crippen LogP contribution in [0.5, 0.6) is 0 Å². The van der Waals surface area contributed by atoms with Crippen LogP contribution in [0.1, 0.15) is 0 Å². The second-order valence-electron chi connectivity index (χ2n) is 1.06. The van der Waals surface area contributed by atoms with Crippen LogP contribution in [-0.2, 0) is 29.1 Å². The standard InChI is InChI=1S/2C2H4O3.C2H4.Zn/c2*3-1-2(4)5;1-2;/h2*3H,1H2,(H,4,5);1-2H2;/q;;;+2/p-2. The Kier molecular flexibility index (Phi) is 39.4. The maximum Gasteiger partial charge on any atom is 2.00 e. The van der Waals surface area contributed by atoms with Gasteiger partial charge in [0.1, 0.15) is 0 Å². The van der Waals surface area contributed by atoms with Crippen LogP contribution in [0, 0.1) is 0 Å². The number of hydrogen-bond acceptors (Lipinski definition) is 6. The van der Waals surface area contributed by atoms with E-state index in [2.05, 4.69) is 13.2 Å². The Hall–Kier alpha value is -0.777. The Morgan fingerprint density at radius 3 is 1.08 bits per heavy atom. The number of carbonyl (C=O) groups excluding carboxylic acids is 2. The fraction of sp³-hybridized carbons (Fsp3) is 0.333. The largest absolute Gasteiger partial charge is 2.00 e. The molecule has 0 bridgehead atoms. The van der Waals surface area contributed by atoms with E-state index in [9.17, 15) is 0 Å². The molecule has 0 heterocycles. The first-order valence-electron chi connectivity index (χ1n) is 2.66. The zero-order valence-electron chi connectivity index (χ0n) is 7.06. The third kappa shape index (κ3) is 91.9. The number of aliphatic hydroxyl groups excluding tert-OH is 2. The van der Waals surface area contributed by atoms with E-state index >= 15 is 0 Å². The van der Waals surface area contributed by atoms with E-state index in [1.54, 1.807) is 0 Å². The molecule has 7 heteroatoms. The summed E-state index contributed by atoms with van der Waals surface area (Å²) in [6.07, 6.45) is 0. The second-order valence-corrected chi connectivity index (χ2v) is 1.06. The molecule has 0 fully saturated rings. The van der Waals surface area contributed by atoms with Crippen molar-refractivity contribution < 1.29 is 49.5 Å². The molecule has 6 nitrogen and oxygen atoms in total. The van der Waals surface area contributed by atoms with Crippen molar-refractivity contribution in [3.8, 4) is 0 Å². The van der Waals surface area contributed by atoms with Crippen LogP contribution in [0.2, 0.25) is 0 Å². The molecular formula is C6H10O6Zn. The second kappa shape index (κ2) is 22.5. The van der Waals surface area contributed by atoms with Gasteiger partial charge in [-0.1, -0.05) is 0 Å². The summed E-state index contributed by atoms with van der Waals surface area (Å²) < 4.78 is 0. The predicted molar refractivity (Wildman–Crippen MR) is 35.4 cm³/mol. The van der Waals surface area contributed by atoms with E-state index in [0.29, 0.717) is 0 Å². The van der Waals surface area contributed by atoms with Gasteiger partial charge in [-0.25, -0.2) is 0 Å². The molecule has 0 radical (unpaired) electrons. The van der Waals surface area contributed by atoms with Crippen molar-refractivity contribution in [1.29, 1.82) is 0 Å². The fourth-order valence-corrected chi connectivity index (χ4v) is 0. The van der Waals surface area contributed by atoms with Crippen molar-refractivity contribution in [1.82, 2.24) is 0 Å². The molecule has 2 N–H and O–H groups in total. The Morgan fingerprint density at radius 1 is 1.00 bits per heavy atom. The maximum absolute atomic E-state index is 9.01. The Morgan fingerprint density at radius 2 is 1.08 bits per heavy atom. The van der Waals surface area contributed by atoms with E-state index in [1.807, 2.05) is 0 Å². The number of carbonyl (C=O) groups is 2. The van der Waals surface area contributed by atoms with Crippen LogP contribution in [0.4, 0.5) is 0 Å². The Bertz CT molecular complexity index is 112. The van der Waals surface area contributed by atoms with Crippen LogP contribution in [0.15, 0.2) is 13.2 Å². The molecule has 0 aromatic heterocycles. The van der Waals surface area contributed by atoms with Gasteiger partial charge in [0.2, 0.25) is 0 Å². The predicted octanol–water partition coefficient (Wildman–Crippen LogP) is -3.74. The summed E-state index contributed by atoms with van der Waals surface area (Å²) in [6, 6.07) is 0. The number of hydrogen-bond donors (Lipinski definition) is 2. The number of aliphatic carboxylic acids is 2.